The number of aromatic carboxylic acids is 1. The molecule has 0 saturated carbocycles. The number of hydrogen-bond donors (Lipinski definition) is 2. The first-order valence-electron chi connectivity index (χ1n) is 6.36. The van der Waals surface area contributed by atoms with Crippen molar-refractivity contribution in [3.8, 4) is 5.75 Å². The van der Waals surface area contributed by atoms with Gasteiger partial charge in [0.2, 0.25) is 0 Å². The molecule has 2 N–H and O–H groups in total. The van der Waals surface area contributed by atoms with Gasteiger partial charge in [0.15, 0.2) is 0 Å². The number of carboxylic acids is 1. The molecule has 0 unspecified atom stereocenters. The maximum atomic E-state index is 13.7. The van der Waals surface area contributed by atoms with Crippen LogP contribution in [0.15, 0.2) is 48.5 Å². The Morgan fingerprint density at radius 3 is 2.67 bits per heavy atom. The Kier molecular flexibility index (Phi) is 3.31. The minimum Gasteiger partial charge on any atom is -0.488 e. The van der Waals surface area contributed by atoms with Gasteiger partial charge in [-0.3, -0.25) is 0 Å². The monoisotopic (exact) mass is 285 g/mol. The van der Waals surface area contributed by atoms with Crippen molar-refractivity contribution in [2.24, 2.45) is 0 Å². The van der Waals surface area contributed by atoms with E-state index < -0.39 is 11.8 Å². The number of aromatic amines is 1. The van der Waals surface area contributed by atoms with Crippen LogP contribution in [0.4, 0.5) is 4.39 Å². The highest BCUT2D eigenvalue weighted by Crippen LogP contribution is 2.29. The van der Waals surface area contributed by atoms with Gasteiger partial charge in [0, 0.05) is 5.39 Å². The zero-order valence-electron chi connectivity index (χ0n) is 11.0. The number of aromatic nitrogens is 1. The number of carbonyl (C=O) groups is 1. The van der Waals surface area contributed by atoms with Gasteiger partial charge in [0.25, 0.3) is 0 Å². The van der Waals surface area contributed by atoms with Crippen molar-refractivity contribution in [3.05, 3.63) is 65.6 Å². The van der Waals surface area contributed by atoms with E-state index in [1.807, 2.05) is 30.3 Å². The molecule has 0 aliphatic rings. The number of nitrogens with one attached hydrogen (secondary N) is 1. The summed E-state index contributed by atoms with van der Waals surface area (Å²) >= 11 is 0. The zero-order valence-corrected chi connectivity index (χ0v) is 11.0. The van der Waals surface area contributed by atoms with Gasteiger partial charge in [-0.05, 0) is 23.8 Å². The molecular weight excluding hydrogens is 273 g/mol. The number of rotatable bonds is 4. The molecule has 106 valence electrons. The third-order valence-corrected chi connectivity index (χ3v) is 3.17. The van der Waals surface area contributed by atoms with Crippen LogP contribution in [0.25, 0.3) is 10.9 Å². The quantitative estimate of drug-likeness (QED) is 0.770. The first kappa shape index (κ1) is 13.2. The average molecular weight is 285 g/mol. The molecule has 3 rings (SSSR count). The maximum Gasteiger partial charge on any atom is 0.352 e. The molecule has 1 aromatic heterocycles. The minimum atomic E-state index is -1.14. The van der Waals surface area contributed by atoms with Crippen molar-refractivity contribution >= 4 is 16.9 Å². The smallest absolute Gasteiger partial charge is 0.352 e. The first-order valence-corrected chi connectivity index (χ1v) is 6.36. The van der Waals surface area contributed by atoms with Crippen LogP contribution in [0.5, 0.6) is 5.75 Å². The molecule has 0 spiro atoms. The molecule has 0 fully saturated rings. The van der Waals surface area contributed by atoms with E-state index in [-0.39, 0.29) is 11.2 Å². The standard InChI is InChI=1S/C16H12FNO3/c17-12-6-7-14(21-9-10-4-2-1-3-5-10)11-8-13(16(19)20)18-15(11)12/h1-8,18H,9H2,(H,19,20). The maximum absolute atomic E-state index is 13.7. The summed E-state index contributed by atoms with van der Waals surface area (Å²) in [5.41, 5.74) is 1.04. The second-order valence-corrected chi connectivity index (χ2v) is 4.60. The summed E-state index contributed by atoms with van der Waals surface area (Å²) in [6.45, 7) is 0.329. The highest BCUT2D eigenvalue weighted by Gasteiger charge is 2.14. The predicted molar refractivity (Wildman–Crippen MR) is 76.0 cm³/mol. The molecular formula is C16H12FNO3. The lowest BCUT2D eigenvalue weighted by molar-refractivity contribution is 0.0691. The fraction of sp³-hybridized carbons (Fsp3) is 0.0625. The van der Waals surface area contributed by atoms with Gasteiger partial charge >= 0.3 is 5.97 Å². The summed E-state index contributed by atoms with van der Waals surface area (Å²) in [5.74, 6) is -1.21. The van der Waals surface area contributed by atoms with Gasteiger partial charge in [-0.25, -0.2) is 9.18 Å². The summed E-state index contributed by atoms with van der Waals surface area (Å²) in [4.78, 5) is 13.5. The lowest BCUT2D eigenvalue weighted by Crippen LogP contribution is -1.95. The molecule has 0 amide bonds. The molecule has 0 aliphatic carbocycles. The summed E-state index contributed by atoms with van der Waals surface area (Å²) in [6, 6.07) is 13.7. The SMILES string of the molecule is O=C(O)c1cc2c(OCc3ccccc3)ccc(F)c2[nH]1. The Balaban J connectivity index is 1.95. The second kappa shape index (κ2) is 5.28. The summed E-state index contributed by atoms with van der Waals surface area (Å²) in [7, 11) is 0. The number of H-pyrrole nitrogens is 1. The van der Waals surface area contributed by atoms with E-state index >= 15 is 0 Å². The number of hydrogen-bond acceptors (Lipinski definition) is 2. The Labute approximate surface area is 119 Å². The molecule has 0 saturated heterocycles. The van der Waals surface area contributed by atoms with E-state index in [9.17, 15) is 9.18 Å². The van der Waals surface area contributed by atoms with Crippen molar-refractivity contribution in [2.45, 2.75) is 6.61 Å². The van der Waals surface area contributed by atoms with Crippen LogP contribution in [-0.2, 0) is 6.61 Å². The fourth-order valence-electron chi connectivity index (χ4n) is 2.14. The van der Waals surface area contributed by atoms with Crippen molar-refractivity contribution in [1.29, 1.82) is 0 Å². The van der Waals surface area contributed by atoms with Crippen LogP contribution >= 0.6 is 0 Å². The minimum absolute atomic E-state index is 0.0698. The Hall–Kier alpha value is -2.82. The van der Waals surface area contributed by atoms with Gasteiger partial charge in [-0.15, -0.1) is 0 Å². The lowest BCUT2D eigenvalue weighted by atomic mass is 10.2. The zero-order chi connectivity index (χ0) is 14.8. The highest BCUT2D eigenvalue weighted by molar-refractivity contribution is 5.96. The number of benzene rings is 2. The van der Waals surface area contributed by atoms with Crippen LogP contribution in [0.3, 0.4) is 0 Å². The number of carboxylic acid groups (broad SMARTS) is 1. The van der Waals surface area contributed by atoms with E-state index in [2.05, 4.69) is 4.98 Å². The first-order chi connectivity index (χ1) is 10.1. The largest absolute Gasteiger partial charge is 0.488 e. The fourth-order valence-corrected chi connectivity index (χ4v) is 2.14. The van der Waals surface area contributed by atoms with Gasteiger partial charge in [0.05, 0.1) is 5.52 Å². The molecule has 1 heterocycles. The summed E-state index contributed by atoms with van der Waals surface area (Å²) in [6.07, 6.45) is 0. The van der Waals surface area contributed by atoms with Crippen molar-refractivity contribution in [2.75, 3.05) is 0 Å². The predicted octanol–water partition coefficient (Wildman–Crippen LogP) is 3.58. The van der Waals surface area contributed by atoms with Crippen molar-refractivity contribution < 1.29 is 19.0 Å². The Morgan fingerprint density at radius 2 is 1.95 bits per heavy atom. The average Bonchev–Trinajstić information content (AvgIpc) is 2.94. The highest BCUT2D eigenvalue weighted by atomic mass is 19.1. The van der Waals surface area contributed by atoms with E-state index in [4.69, 9.17) is 9.84 Å². The van der Waals surface area contributed by atoms with Crippen LogP contribution in [-0.4, -0.2) is 16.1 Å². The molecule has 0 radical (unpaired) electrons. The van der Waals surface area contributed by atoms with E-state index in [1.54, 1.807) is 0 Å². The third kappa shape index (κ3) is 2.58. The van der Waals surface area contributed by atoms with Crippen LogP contribution in [0.2, 0.25) is 0 Å². The molecule has 0 atom stereocenters. The molecule has 2 aromatic carbocycles. The Morgan fingerprint density at radius 1 is 1.19 bits per heavy atom. The van der Waals surface area contributed by atoms with E-state index in [0.717, 1.165) is 5.56 Å². The topological polar surface area (TPSA) is 62.3 Å². The van der Waals surface area contributed by atoms with Crippen molar-refractivity contribution in [3.63, 3.8) is 0 Å². The second-order valence-electron chi connectivity index (χ2n) is 4.60. The van der Waals surface area contributed by atoms with Crippen molar-refractivity contribution in [1.82, 2.24) is 4.98 Å². The molecule has 0 bridgehead atoms. The van der Waals surface area contributed by atoms with Crippen LogP contribution in [0, 0.1) is 5.82 Å². The number of fused-ring (bicyclic) bond motifs is 1. The van der Waals surface area contributed by atoms with Gasteiger partial charge < -0.3 is 14.8 Å². The summed E-state index contributed by atoms with van der Waals surface area (Å²) in [5, 5.41) is 9.40. The van der Waals surface area contributed by atoms with Crippen LogP contribution < -0.4 is 4.74 Å². The van der Waals surface area contributed by atoms with Gasteiger partial charge in [0.1, 0.15) is 23.9 Å². The molecule has 21 heavy (non-hydrogen) atoms. The molecule has 5 heteroatoms. The third-order valence-electron chi connectivity index (χ3n) is 3.17. The molecule has 4 nitrogen and oxygen atoms in total. The van der Waals surface area contributed by atoms with E-state index in [1.165, 1.54) is 18.2 Å². The van der Waals surface area contributed by atoms with E-state index in [0.29, 0.717) is 17.7 Å². The Bertz CT molecular complexity index is 796. The number of halogens is 1. The summed E-state index contributed by atoms with van der Waals surface area (Å²) < 4.78 is 19.4. The van der Waals surface area contributed by atoms with Gasteiger partial charge in [-0.2, -0.15) is 0 Å². The van der Waals surface area contributed by atoms with Crippen LogP contribution in [0.1, 0.15) is 16.1 Å². The molecule has 0 aliphatic heterocycles. The number of ether oxygens (including phenoxy) is 1. The normalized spacial score (nSPS) is 10.7. The van der Waals surface area contributed by atoms with Gasteiger partial charge in [-0.1, -0.05) is 30.3 Å². The molecule has 3 aromatic rings. The lowest BCUT2D eigenvalue weighted by Gasteiger charge is -2.07.